The summed E-state index contributed by atoms with van der Waals surface area (Å²) in [6, 6.07) is 8.80. The molecular formula is C19H14ClF3N4O. The summed E-state index contributed by atoms with van der Waals surface area (Å²) in [4.78, 5) is 23.0. The second-order valence-electron chi connectivity index (χ2n) is 6.34. The fourth-order valence-corrected chi connectivity index (χ4v) is 3.56. The standard InChI is InChI=1S/C19H14ClF3N4O/c20-17-12(4-3-5-13(17)19(21,22)23)18(28)26-9-7-14-15(10-26)27(11-25-14)16-6-1-2-8-24-16/h1-6,8,11H,7,9-10H2. The molecular weight excluding hydrogens is 393 g/mol. The molecule has 5 nitrogen and oxygen atoms in total. The van der Waals surface area contributed by atoms with Gasteiger partial charge in [0.25, 0.3) is 5.91 Å². The Morgan fingerprint density at radius 2 is 1.93 bits per heavy atom. The lowest BCUT2D eigenvalue weighted by molar-refractivity contribution is -0.137. The monoisotopic (exact) mass is 406 g/mol. The Morgan fingerprint density at radius 3 is 2.64 bits per heavy atom. The minimum absolute atomic E-state index is 0.163. The van der Waals surface area contributed by atoms with Gasteiger partial charge in [-0.1, -0.05) is 23.7 Å². The SMILES string of the molecule is O=C(c1cccc(C(F)(F)F)c1Cl)N1CCc2ncn(-c3ccccn3)c2C1. The van der Waals surface area contributed by atoms with Crippen LogP contribution < -0.4 is 0 Å². The summed E-state index contributed by atoms with van der Waals surface area (Å²) in [6.45, 7) is 0.551. The van der Waals surface area contributed by atoms with Crippen LogP contribution in [0.5, 0.6) is 0 Å². The number of amides is 1. The fraction of sp³-hybridized carbons (Fsp3) is 0.211. The van der Waals surface area contributed by atoms with E-state index in [1.807, 2.05) is 12.1 Å². The quantitative estimate of drug-likeness (QED) is 0.642. The van der Waals surface area contributed by atoms with Gasteiger partial charge < -0.3 is 4.90 Å². The van der Waals surface area contributed by atoms with Crippen LogP contribution in [0.3, 0.4) is 0 Å². The van der Waals surface area contributed by atoms with Gasteiger partial charge in [0.15, 0.2) is 0 Å². The Labute approximate surface area is 163 Å². The van der Waals surface area contributed by atoms with Gasteiger partial charge in [-0.3, -0.25) is 9.36 Å². The highest BCUT2D eigenvalue weighted by Crippen LogP contribution is 2.37. The first kappa shape index (κ1) is 18.5. The summed E-state index contributed by atoms with van der Waals surface area (Å²) in [5.74, 6) is 0.109. The third-order valence-electron chi connectivity index (χ3n) is 4.63. The topological polar surface area (TPSA) is 51.0 Å². The van der Waals surface area contributed by atoms with Crippen LogP contribution in [0, 0.1) is 0 Å². The van der Waals surface area contributed by atoms with Crippen LogP contribution in [-0.4, -0.2) is 31.9 Å². The zero-order chi connectivity index (χ0) is 19.9. The predicted octanol–water partition coefficient (Wildman–Crippen LogP) is 4.14. The number of imidazole rings is 1. The second-order valence-corrected chi connectivity index (χ2v) is 6.72. The van der Waals surface area contributed by atoms with E-state index in [2.05, 4.69) is 9.97 Å². The summed E-state index contributed by atoms with van der Waals surface area (Å²) in [7, 11) is 0. The van der Waals surface area contributed by atoms with Crippen molar-refractivity contribution in [2.45, 2.75) is 19.1 Å². The molecule has 1 aliphatic heterocycles. The minimum atomic E-state index is -4.62. The number of pyridine rings is 1. The molecule has 2 aromatic heterocycles. The largest absolute Gasteiger partial charge is 0.417 e. The summed E-state index contributed by atoms with van der Waals surface area (Å²) in [5, 5.41) is -0.580. The maximum Gasteiger partial charge on any atom is 0.417 e. The van der Waals surface area contributed by atoms with Gasteiger partial charge in [0, 0.05) is 19.2 Å². The smallest absolute Gasteiger partial charge is 0.332 e. The molecule has 0 atom stereocenters. The maximum atomic E-state index is 13.1. The molecule has 9 heteroatoms. The number of nitrogens with zero attached hydrogens (tertiary/aromatic N) is 4. The van der Waals surface area contributed by atoms with Crippen LogP contribution >= 0.6 is 11.6 Å². The predicted molar refractivity (Wildman–Crippen MR) is 96.3 cm³/mol. The second kappa shape index (κ2) is 6.94. The van der Waals surface area contributed by atoms with E-state index >= 15 is 0 Å². The van der Waals surface area contributed by atoms with Crippen molar-refractivity contribution < 1.29 is 18.0 Å². The van der Waals surface area contributed by atoms with Crippen LogP contribution in [-0.2, 0) is 19.1 Å². The molecule has 0 bridgehead atoms. The average Bonchev–Trinajstić information content (AvgIpc) is 3.10. The van der Waals surface area contributed by atoms with Crippen molar-refractivity contribution in [1.29, 1.82) is 0 Å². The number of alkyl halides is 3. The zero-order valence-electron chi connectivity index (χ0n) is 14.4. The van der Waals surface area contributed by atoms with Gasteiger partial charge in [0.2, 0.25) is 0 Å². The average molecular weight is 407 g/mol. The molecule has 1 aromatic carbocycles. The Bertz CT molecular complexity index is 1030. The highest BCUT2D eigenvalue weighted by molar-refractivity contribution is 6.34. The lowest BCUT2D eigenvalue weighted by Gasteiger charge is -2.28. The van der Waals surface area contributed by atoms with Crippen molar-refractivity contribution >= 4 is 17.5 Å². The molecule has 1 aliphatic rings. The van der Waals surface area contributed by atoms with E-state index < -0.39 is 22.7 Å². The number of aromatic nitrogens is 3. The van der Waals surface area contributed by atoms with E-state index in [-0.39, 0.29) is 12.1 Å². The van der Waals surface area contributed by atoms with Gasteiger partial charge in [-0.05, 0) is 24.3 Å². The summed E-state index contributed by atoms with van der Waals surface area (Å²) in [6.07, 6.45) is -0.842. The highest BCUT2D eigenvalue weighted by Gasteiger charge is 2.36. The molecule has 28 heavy (non-hydrogen) atoms. The molecule has 0 N–H and O–H groups in total. The van der Waals surface area contributed by atoms with Crippen molar-refractivity contribution in [3.05, 3.63) is 76.5 Å². The van der Waals surface area contributed by atoms with Crippen LogP contribution in [0.1, 0.15) is 27.3 Å². The Kier molecular flexibility index (Phi) is 4.58. The first-order valence-electron chi connectivity index (χ1n) is 8.47. The molecule has 0 fully saturated rings. The normalized spacial score (nSPS) is 14.1. The maximum absolute atomic E-state index is 13.1. The van der Waals surface area contributed by atoms with E-state index in [0.717, 1.165) is 17.5 Å². The lowest BCUT2D eigenvalue weighted by atomic mass is 10.1. The van der Waals surface area contributed by atoms with Crippen molar-refractivity contribution in [3.8, 4) is 5.82 Å². The minimum Gasteiger partial charge on any atom is -0.332 e. The molecule has 0 aliphatic carbocycles. The fourth-order valence-electron chi connectivity index (χ4n) is 3.24. The molecule has 3 heterocycles. The van der Waals surface area contributed by atoms with Crippen molar-refractivity contribution in [2.24, 2.45) is 0 Å². The Morgan fingerprint density at radius 1 is 1.11 bits per heavy atom. The number of carbonyl (C=O) groups excluding carboxylic acids is 1. The summed E-state index contributed by atoms with van der Waals surface area (Å²) < 4.78 is 41.1. The molecule has 0 unspecified atom stereocenters. The number of fused-ring (bicyclic) bond motifs is 1. The van der Waals surface area contributed by atoms with Crippen molar-refractivity contribution in [3.63, 3.8) is 0 Å². The van der Waals surface area contributed by atoms with Gasteiger partial charge in [-0.25, -0.2) is 9.97 Å². The molecule has 4 rings (SSSR count). The number of benzene rings is 1. The number of hydrogen-bond donors (Lipinski definition) is 0. The van der Waals surface area contributed by atoms with Crippen LogP contribution in [0.15, 0.2) is 48.9 Å². The molecule has 1 amide bonds. The number of rotatable bonds is 2. The zero-order valence-corrected chi connectivity index (χ0v) is 15.2. The Hall–Kier alpha value is -2.87. The van der Waals surface area contributed by atoms with Gasteiger partial charge in [-0.15, -0.1) is 0 Å². The van der Waals surface area contributed by atoms with E-state index in [9.17, 15) is 18.0 Å². The molecule has 3 aromatic rings. The first-order chi connectivity index (χ1) is 13.4. The summed E-state index contributed by atoms with van der Waals surface area (Å²) >= 11 is 5.92. The third-order valence-corrected chi connectivity index (χ3v) is 5.04. The first-order valence-corrected chi connectivity index (χ1v) is 8.85. The molecule has 0 saturated carbocycles. The van der Waals surface area contributed by atoms with Gasteiger partial charge in [0.1, 0.15) is 12.1 Å². The van der Waals surface area contributed by atoms with Crippen LogP contribution in [0.2, 0.25) is 5.02 Å². The number of carbonyl (C=O) groups is 1. The third kappa shape index (κ3) is 3.24. The van der Waals surface area contributed by atoms with E-state index in [1.54, 1.807) is 23.2 Å². The molecule has 144 valence electrons. The highest BCUT2D eigenvalue weighted by atomic mass is 35.5. The number of hydrogen-bond acceptors (Lipinski definition) is 3. The van der Waals surface area contributed by atoms with Crippen LogP contribution in [0.25, 0.3) is 5.82 Å². The molecule has 0 radical (unpaired) electrons. The van der Waals surface area contributed by atoms with E-state index in [0.29, 0.717) is 18.8 Å². The van der Waals surface area contributed by atoms with Gasteiger partial charge in [0.05, 0.1) is 34.1 Å². The Balaban J connectivity index is 1.66. The summed E-state index contributed by atoms with van der Waals surface area (Å²) in [5.41, 5.74) is 0.436. The van der Waals surface area contributed by atoms with Crippen molar-refractivity contribution in [2.75, 3.05) is 6.54 Å². The van der Waals surface area contributed by atoms with Crippen molar-refractivity contribution in [1.82, 2.24) is 19.4 Å². The van der Waals surface area contributed by atoms with Gasteiger partial charge in [-0.2, -0.15) is 13.2 Å². The van der Waals surface area contributed by atoms with E-state index in [4.69, 9.17) is 11.6 Å². The van der Waals surface area contributed by atoms with Crippen LogP contribution in [0.4, 0.5) is 13.2 Å². The van der Waals surface area contributed by atoms with Gasteiger partial charge >= 0.3 is 6.18 Å². The van der Waals surface area contributed by atoms with E-state index in [1.165, 1.54) is 17.0 Å². The molecule has 0 saturated heterocycles. The number of halogens is 4. The molecule has 0 spiro atoms. The lowest BCUT2D eigenvalue weighted by Crippen LogP contribution is -2.37.